The fraction of sp³-hybridized carbons (Fsp3) is 0.125. The average Bonchev–Trinajstić information content (AvgIpc) is 2.60. The predicted octanol–water partition coefficient (Wildman–Crippen LogP) is 3.10. The van der Waals surface area contributed by atoms with Crippen LogP contribution in [0.1, 0.15) is 10.4 Å². The second-order valence-corrected chi connectivity index (χ2v) is 8.32. The number of carbonyl (C=O) groups excluding carboxylic acids is 2. The molecule has 0 heterocycles. The van der Waals surface area contributed by atoms with Crippen molar-refractivity contribution in [3.63, 3.8) is 0 Å². The van der Waals surface area contributed by atoms with Gasteiger partial charge in [0, 0.05) is 17.3 Å². The molecule has 9 nitrogen and oxygen atoms in total. The maximum absolute atomic E-state index is 12.1. The van der Waals surface area contributed by atoms with Crippen molar-refractivity contribution in [1.82, 2.24) is 0 Å². The van der Waals surface area contributed by atoms with E-state index in [-0.39, 0.29) is 20.6 Å². The van der Waals surface area contributed by atoms with Crippen LogP contribution in [-0.2, 0) is 19.4 Å². The van der Waals surface area contributed by atoms with Crippen LogP contribution in [0, 0.1) is 10.1 Å². The molecular formula is C16H12Cl2N2O7S. The number of halogens is 2. The lowest BCUT2D eigenvalue weighted by molar-refractivity contribution is -0.385. The lowest BCUT2D eigenvalue weighted by Crippen LogP contribution is -2.21. The molecule has 0 unspecified atom stereocenters. The highest BCUT2D eigenvalue weighted by Crippen LogP contribution is 2.26. The van der Waals surface area contributed by atoms with Crippen LogP contribution in [0.5, 0.6) is 0 Å². The molecule has 0 saturated heterocycles. The molecule has 0 aliphatic heterocycles. The molecule has 0 aromatic heterocycles. The minimum Gasteiger partial charge on any atom is -0.452 e. The zero-order valence-electron chi connectivity index (χ0n) is 14.1. The average molecular weight is 447 g/mol. The first kappa shape index (κ1) is 21.6. The highest BCUT2D eigenvalue weighted by atomic mass is 35.5. The van der Waals surface area contributed by atoms with Gasteiger partial charge in [0.1, 0.15) is 5.56 Å². The summed E-state index contributed by atoms with van der Waals surface area (Å²) >= 11 is 11.6. The van der Waals surface area contributed by atoms with Crippen LogP contribution in [0.15, 0.2) is 41.3 Å². The van der Waals surface area contributed by atoms with Gasteiger partial charge in [-0.3, -0.25) is 14.9 Å². The van der Waals surface area contributed by atoms with Crippen molar-refractivity contribution >= 4 is 56.3 Å². The van der Waals surface area contributed by atoms with E-state index in [4.69, 9.17) is 27.9 Å². The van der Waals surface area contributed by atoms with Crippen molar-refractivity contribution in [1.29, 1.82) is 0 Å². The number of hydrogen-bond acceptors (Lipinski definition) is 7. The Bertz CT molecular complexity index is 1070. The molecule has 0 fully saturated rings. The van der Waals surface area contributed by atoms with E-state index < -0.39 is 44.5 Å². The summed E-state index contributed by atoms with van der Waals surface area (Å²) in [6.07, 6.45) is 0.988. The van der Waals surface area contributed by atoms with E-state index >= 15 is 0 Å². The normalized spacial score (nSPS) is 11.0. The molecule has 2 aromatic carbocycles. The van der Waals surface area contributed by atoms with Gasteiger partial charge in [-0.05, 0) is 30.3 Å². The number of sulfone groups is 1. The maximum Gasteiger partial charge on any atom is 0.345 e. The Hall–Kier alpha value is -2.69. The van der Waals surface area contributed by atoms with E-state index in [2.05, 4.69) is 5.32 Å². The summed E-state index contributed by atoms with van der Waals surface area (Å²) in [6.45, 7) is -0.790. The van der Waals surface area contributed by atoms with Crippen LogP contribution >= 0.6 is 23.2 Å². The molecule has 1 amide bonds. The maximum atomic E-state index is 12.1. The molecule has 28 heavy (non-hydrogen) atoms. The van der Waals surface area contributed by atoms with Gasteiger partial charge >= 0.3 is 5.97 Å². The Labute approximate surface area is 169 Å². The van der Waals surface area contributed by atoms with Crippen LogP contribution in [0.4, 0.5) is 11.4 Å². The Morgan fingerprint density at radius 1 is 1.18 bits per heavy atom. The van der Waals surface area contributed by atoms with Crippen LogP contribution in [0.2, 0.25) is 10.0 Å². The third kappa shape index (κ3) is 5.41. The molecule has 1 N–H and O–H groups in total. The number of esters is 1. The second kappa shape index (κ2) is 8.55. The largest absolute Gasteiger partial charge is 0.452 e. The van der Waals surface area contributed by atoms with Gasteiger partial charge in [-0.25, -0.2) is 13.2 Å². The van der Waals surface area contributed by atoms with Gasteiger partial charge in [0.25, 0.3) is 11.6 Å². The quantitative estimate of drug-likeness (QED) is 0.409. The van der Waals surface area contributed by atoms with Gasteiger partial charge in [0.15, 0.2) is 16.4 Å². The number of carbonyl (C=O) groups is 2. The molecule has 0 radical (unpaired) electrons. The summed E-state index contributed by atoms with van der Waals surface area (Å²) in [4.78, 5) is 34.2. The van der Waals surface area contributed by atoms with Gasteiger partial charge in [-0.2, -0.15) is 0 Å². The van der Waals surface area contributed by atoms with Crippen molar-refractivity contribution in [3.8, 4) is 0 Å². The molecule has 2 aromatic rings. The van der Waals surface area contributed by atoms with E-state index in [9.17, 15) is 28.1 Å². The van der Waals surface area contributed by atoms with Crippen molar-refractivity contribution in [2.45, 2.75) is 4.90 Å². The zero-order chi connectivity index (χ0) is 21.1. The fourth-order valence-corrected chi connectivity index (χ4v) is 3.04. The number of ether oxygens (including phenoxy) is 1. The number of anilines is 1. The van der Waals surface area contributed by atoms with Crippen LogP contribution < -0.4 is 5.32 Å². The van der Waals surface area contributed by atoms with E-state index in [1.54, 1.807) is 0 Å². The highest BCUT2D eigenvalue weighted by Gasteiger charge is 2.23. The molecule has 12 heteroatoms. The van der Waals surface area contributed by atoms with Crippen molar-refractivity contribution in [2.24, 2.45) is 0 Å². The summed E-state index contributed by atoms with van der Waals surface area (Å²) in [6, 6.07) is 7.03. The van der Waals surface area contributed by atoms with E-state index in [1.165, 1.54) is 18.2 Å². The minimum atomic E-state index is -3.53. The van der Waals surface area contributed by atoms with Crippen molar-refractivity contribution in [3.05, 3.63) is 62.1 Å². The predicted molar refractivity (Wildman–Crippen MR) is 102 cm³/mol. The summed E-state index contributed by atoms with van der Waals surface area (Å²) in [7, 11) is -3.53. The number of nitro benzene ring substituents is 1. The Morgan fingerprint density at radius 3 is 2.46 bits per heavy atom. The van der Waals surface area contributed by atoms with Gasteiger partial charge < -0.3 is 10.1 Å². The van der Waals surface area contributed by atoms with E-state index in [0.717, 1.165) is 24.5 Å². The number of benzene rings is 2. The number of nitrogens with zero attached hydrogens (tertiary/aromatic N) is 1. The van der Waals surface area contributed by atoms with Crippen LogP contribution in [0.25, 0.3) is 0 Å². The molecule has 0 saturated carbocycles. The molecule has 148 valence electrons. The second-order valence-electron chi connectivity index (χ2n) is 5.46. The molecule has 0 atom stereocenters. The number of nitrogens with one attached hydrogen (secondary N) is 1. The molecule has 0 spiro atoms. The van der Waals surface area contributed by atoms with E-state index in [0.29, 0.717) is 0 Å². The van der Waals surface area contributed by atoms with Crippen molar-refractivity contribution in [2.75, 3.05) is 18.2 Å². The molecule has 0 aliphatic rings. The van der Waals surface area contributed by atoms with Crippen molar-refractivity contribution < 1.29 is 27.7 Å². The molecule has 0 aliphatic carbocycles. The summed E-state index contributed by atoms with van der Waals surface area (Å²) in [5, 5.41) is 13.4. The standard InChI is InChI=1S/C16H12Cl2N2O7S/c1-28(25,26)10-3-4-12(18)13(7-10)19-15(21)8-27-16(22)11-6-9(17)2-5-14(11)20(23)24/h2-7H,8H2,1H3,(H,19,21). The third-order valence-corrected chi connectivity index (χ3v) is 5.02. The Balaban J connectivity index is 2.11. The van der Waals surface area contributed by atoms with Gasteiger partial charge in [-0.15, -0.1) is 0 Å². The molecule has 2 rings (SSSR count). The first-order valence-electron chi connectivity index (χ1n) is 7.39. The Kier molecular flexibility index (Phi) is 6.60. The first-order valence-corrected chi connectivity index (χ1v) is 10.0. The molecular weight excluding hydrogens is 435 g/mol. The fourth-order valence-electron chi connectivity index (χ4n) is 2.06. The highest BCUT2D eigenvalue weighted by molar-refractivity contribution is 7.90. The number of rotatable bonds is 6. The number of nitro groups is 1. The Morgan fingerprint density at radius 2 is 1.86 bits per heavy atom. The smallest absolute Gasteiger partial charge is 0.345 e. The van der Waals surface area contributed by atoms with Crippen LogP contribution in [0.3, 0.4) is 0 Å². The molecule has 0 bridgehead atoms. The minimum absolute atomic E-state index is 0.000577. The summed E-state index contributed by atoms with van der Waals surface area (Å²) in [5.74, 6) is -1.95. The number of amides is 1. The van der Waals surface area contributed by atoms with Gasteiger partial charge in [0.2, 0.25) is 0 Å². The van der Waals surface area contributed by atoms with Gasteiger partial charge in [0.05, 0.1) is 20.5 Å². The summed E-state index contributed by atoms with van der Waals surface area (Å²) < 4.78 is 27.9. The first-order chi connectivity index (χ1) is 13.0. The lowest BCUT2D eigenvalue weighted by atomic mass is 10.2. The summed E-state index contributed by atoms with van der Waals surface area (Å²) in [5.41, 5.74) is -0.944. The van der Waals surface area contributed by atoms with Crippen LogP contribution in [-0.4, -0.2) is 38.1 Å². The SMILES string of the molecule is CS(=O)(=O)c1ccc(Cl)c(NC(=O)COC(=O)c2cc(Cl)ccc2[N+](=O)[O-])c1. The van der Waals surface area contributed by atoms with E-state index in [1.807, 2.05) is 0 Å². The van der Waals surface area contributed by atoms with Gasteiger partial charge in [-0.1, -0.05) is 23.2 Å². The third-order valence-electron chi connectivity index (χ3n) is 3.35. The topological polar surface area (TPSA) is 133 Å². The number of hydrogen-bond donors (Lipinski definition) is 1. The lowest BCUT2D eigenvalue weighted by Gasteiger charge is -2.10. The zero-order valence-corrected chi connectivity index (χ0v) is 16.5. The monoisotopic (exact) mass is 446 g/mol.